The van der Waals surface area contributed by atoms with E-state index in [1.54, 1.807) is 27.9 Å². The van der Waals surface area contributed by atoms with Crippen LogP contribution in [0.2, 0.25) is 22.2 Å². The minimum absolute atomic E-state index is 0.0718. The molecule has 2 saturated heterocycles. The lowest BCUT2D eigenvalue weighted by molar-refractivity contribution is -0.0678. The van der Waals surface area contributed by atoms with Crippen molar-refractivity contribution in [1.82, 2.24) is 19.5 Å². The van der Waals surface area contributed by atoms with Gasteiger partial charge in [0.05, 0.1) is 18.6 Å². The number of hydrogen-bond donors (Lipinski definition) is 1. The summed E-state index contributed by atoms with van der Waals surface area (Å²) in [6.07, 6.45) is 0.215. The van der Waals surface area contributed by atoms with Gasteiger partial charge in [-0.1, -0.05) is 55.4 Å². The molecule has 1 N–H and O–H groups in total. The normalized spacial score (nSPS) is 28.4. The first-order chi connectivity index (χ1) is 18.8. The van der Waals surface area contributed by atoms with Crippen LogP contribution in [0.25, 0.3) is 5.52 Å². The van der Waals surface area contributed by atoms with Crippen molar-refractivity contribution in [3.05, 3.63) is 24.2 Å². The molecular formula is C27H44N6O5Si2. The van der Waals surface area contributed by atoms with Gasteiger partial charge in [0, 0.05) is 14.1 Å². The standard InChI is InChI=1S/C27H44N6O5Si2/c1-17(2)39(18(3)4)35-13-22-24(37-40(38-39,19(5)6)20(7)8)25(34)27(14-28,36-22)23-12-11-21-26(30-16-32(9)10)29-15-31-33(21)23/h11-12,15-20,22,24-25,34H,13H2,1-10H3/b30-16-/t22-,24-,25-,27+/m1/s1. The van der Waals surface area contributed by atoms with Crippen LogP contribution >= 0.6 is 0 Å². The minimum atomic E-state index is -3.02. The number of aliphatic hydroxyl groups excluding tert-OH is 1. The van der Waals surface area contributed by atoms with Crippen molar-refractivity contribution in [3.63, 3.8) is 0 Å². The molecule has 0 amide bonds. The monoisotopic (exact) mass is 588 g/mol. The van der Waals surface area contributed by atoms with Crippen molar-refractivity contribution in [2.24, 2.45) is 4.99 Å². The summed E-state index contributed by atoms with van der Waals surface area (Å²) in [4.78, 5) is 10.5. The predicted octanol–water partition coefficient (Wildman–Crippen LogP) is 4.39. The van der Waals surface area contributed by atoms with Crippen molar-refractivity contribution in [3.8, 4) is 6.07 Å². The molecule has 40 heavy (non-hydrogen) atoms. The summed E-state index contributed by atoms with van der Waals surface area (Å²) in [5, 5.41) is 27.0. The lowest BCUT2D eigenvalue weighted by Gasteiger charge is -2.51. The van der Waals surface area contributed by atoms with Crippen molar-refractivity contribution in [2.75, 3.05) is 20.7 Å². The summed E-state index contributed by atoms with van der Waals surface area (Å²) < 4.78 is 29.2. The Morgan fingerprint density at radius 3 is 2.27 bits per heavy atom. The molecule has 11 nitrogen and oxygen atoms in total. The first-order valence-electron chi connectivity index (χ1n) is 14.1. The minimum Gasteiger partial charge on any atom is -0.414 e. The van der Waals surface area contributed by atoms with Gasteiger partial charge in [-0.3, -0.25) is 0 Å². The molecule has 0 aromatic carbocycles. The van der Waals surface area contributed by atoms with Crippen LogP contribution in [-0.4, -0.2) is 87.1 Å². The molecule has 2 aromatic heterocycles. The second-order valence-electron chi connectivity index (χ2n) is 12.3. The third-order valence-electron chi connectivity index (χ3n) is 8.15. The summed E-state index contributed by atoms with van der Waals surface area (Å²) in [5.74, 6) is 0.435. The van der Waals surface area contributed by atoms with Crippen LogP contribution in [0.1, 0.15) is 61.1 Å². The molecule has 4 rings (SSSR count). The zero-order valence-corrected chi connectivity index (χ0v) is 27.3. The van der Waals surface area contributed by atoms with E-state index in [4.69, 9.17) is 17.7 Å². The van der Waals surface area contributed by atoms with Gasteiger partial charge in [-0.05, 0) is 34.3 Å². The molecule has 0 spiro atoms. The lowest BCUT2D eigenvalue weighted by atomic mass is 9.92. The Kier molecular flexibility index (Phi) is 8.65. The highest BCUT2D eigenvalue weighted by Crippen LogP contribution is 2.50. The molecule has 13 heteroatoms. The lowest BCUT2D eigenvalue weighted by Crippen LogP contribution is -2.66. The molecule has 0 saturated carbocycles. The highest BCUT2D eigenvalue weighted by atomic mass is 28.5. The summed E-state index contributed by atoms with van der Waals surface area (Å²) in [6.45, 7) is 17.2. The highest BCUT2D eigenvalue weighted by molar-refractivity contribution is 6.84. The van der Waals surface area contributed by atoms with Crippen LogP contribution in [0.5, 0.6) is 0 Å². The molecular weight excluding hydrogens is 545 g/mol. The summed E-state index contributed by atoms with van der Waals surface area (Å²) in [7, 11) is -2.10. The fourth-order valence-corrected chi connectivity index (χ4v) is 17.3. The number of fused-ring (bicyclic) bond motifs is 2. The fourth-order valence-electron chi connectivity index (χ4n) is 6.05. The van der Waals surface area contributed by atoms with Crippen molar-refractivity contribution in [1.29, 1.82) is 5.26 Å². The number of hydrogen-bond acceptors (Lipinski definition) is 9. The van der Waals surface area contributed by atoms with Crippen molar-refractivity contribution >= 4 is 34.8 Å². The zero-order chi connectivity index (χ0) is 29.6. The molecule has 0 bridgehead atoms. The number of aliphatic imine (C=N–C) groups is 1. The maximum atomic E-state index is 11.9. The number of aliphatic hydroxyl groups is 1. The molecule has 220 valence electrons. The smallest absolute Gasteiger partial charge is 0.335 e. The molecule has 2 aliphatic rings. The maximum Gasteiger partial charge on any atom is 0.335 e. The fraction of sp³-hybridized carbons (Fsp3) is 0.704. The maximum absolute atomic E-state index is 11.9. The largest absolute Gasteiger partial charge is 0.414 e. The Morgan fingerprint density at radius 2 is 1.73 bits per heavy atom. The molecule has 4 atom stereocenters. The summed E-state index contributed by atoms with van der Waals surface area (Å²) >= 11 is 0. The van der Waals surface area contributed by atoms with Crippen molar-refractivity contribution in [2.45, 2.75) is 101 Å². The predicted molar refractivity (Wildman–Crippen MR) is 157 cm³/mol. The second-order valence-corrected chi connectivity index (χ2v) is 21.2. The van der Waals surface area contributed by atoms with Gasteiger partial charge in [0.15, 0.2) is 5.82 Å². The van der Waals surface area contributed by atoms with Gasteiger partial charge in [0.2, 0.25) is 5.60 Å². The molecule has 0 radical (unpaired) electrons. The van der Waals surface area contributed by atoms with Gasteiger partial charge in [-0.2, -0.15) is 10.4 Å². The van der Waals surface area contributed by atoms with E-state index in [1.807, 2.05) is 14.1 Å². The van der Waals surface area contributed by atoms with Crippen LogP contribution in [0.15, 0.2) is 23.5 Å². The van der Waals surface area contributed by atoms with Crippen LogP contribution in [-0.2, 0) is 23.3 Å². The Balaban J connectivity index is 1.85. The number of rotatable bonds is 7. The topological polar surface area (TPSA) is 127 Å². The molecule has 2 aromatic rings. The third-order valence-corrected chi connectivity index (χ3v) is 18.4. The average molecular weight is 589 g/mol. The summed E-state index contributed by atoms with van der Waals surface area (Å²) in [5.41, 5.74) is -0.307. The Morgan fingerprint density at radius 1 is 1.10 bits per heavy atom. The molecule has 2 fully saturated rings. The first-order valence-corrected chi connectivity index (χ1v) is 18.0. The quantitative estimate of drug-likeness (QED) is 0.285. The van der Waals surface area contributed by atoms with E-state index in [2.05, 4.69) is 76.5 Å². The third kappa shape index (κ3) is 4.83. The average Bonchev–Trinajstić information content (AvgIpc) is 3.42. The zero-order valence-electron chi connectivity index (χ0n) is 25.3. The van der Waals surface area contributed by atoms with Gasteiger partial charge in [0.1, 0.15) is 36.2 Å². The molecule has 2 aliphatic heterocycles. The van der Waals surface area contributed by atoms with E-state index in [0.29, 0.717) is 17.0 Å². The van der Waals surface area contributed by atoms with Crippen LogP contribution in [0.4, 0.5) is 5.82 Å². The molecule has 0 aliphatic carbocycles. The second kappa shape index (κ2) is 11.2. The van der Waals surface area contributed by atoms with Gasteiger partial charge in [0.25, 0.3) is 0 Å². The van der Waals surface area contributed by atoms with Gasteiger partial charge in [-0.25, -0.2) is 14.5 Å². The Bertz CT molecular complexity index is 1260. The number of nitrogens with zero attached hydrogens (tertiary/aromatic N) is 6. The SMILES string of the molecule is CC(C)[Si]1(C(C)C)OC[C@H]2O[C@@](C#N)(c3ccc4c(/N=C\N(C)C)ncnn34)[C@H](O)[C@@H]2O[Si](C(C)C)(C(C)C)O1. The number of aromatic nitrogens is 3. The van der Waals surface area contributed by atoms with E-state index in [9.17, 15) is 10.4 Å². The van der Waals surface area contributed by atoms with E-state index < -0.39 is 41.0 Å². The Hall–Kier alpha value is -2.19. The van der Waals surface area contributed by atoms with E-state index in [1.165, 1.54) is 6.33 Å². The van der Waals surface area contributed by atoms with Gasteiger partial charge in [-0.15, -0.1) is 0 Å². The van der Waals surface area contributed by atoms with E-state index in [-0.39, 0.29) is 28.8 Å². The van der Waals surface area contributed by atoms with Crippen LogP contribution in [0.3, 0.4) is 0 Å². The summed E-state index contributed by atoms with van der Waals surface area (Å²) in [6, 6.07) is 5.81. The van der Waals surface area contributed by atoms with E-state index in [0.717, 1.165) is 0 Å². The van der Waals surface area contributed by atoms with Crippen LogP contribution in [0, 0.1) is 11.3 Å². The van der Waals surface area contributed by atoms with Crippen LogP contribution < -0.4 is 0 Å². The molecule has 0 unspecified atom stereocenters. The number of nitriles is 1. The van der Waals surface area contributed by atoms with Gasteiger partial charge >= 0.3 is 17.1 Å². The Labute approximate surface area is 239 Å². The first kappa shape index (κ1) is 30.8. The van der Waals surface area contributed by atoms with Gasteiger partial charge < -0.3 is 27.7 Å². The van der Waals surface area contributed by atoms with Crippen molar-refractivity contribution < 1.29 is 22.8 Å². The number of ether oxygens (including phenoxy) is 1. The van der Waals surface area contributed by atoms with E-state index >= 15 is 0 Å². The molecule has 4 heterocycles. The highest BCUT2D eigenvalue weighted by Gasteiger charge is 2.65.